The van der Waals surface area contributed by atoms with Crippen LogP contribution in [0.5, 0.6) is 0 Å². The Balaban J connectivity index is 0.00000127. The van der Waals surface area contributed by atoms with Crippen molar-refractivity contribution in [3.05, 3.63) is 65.7 Å². The first-order valence-electron chi connectivity index (χ1n) is 9.98. The average Bonchev–Trinajstić information content (AvgIpc) is 3.45. The highest BCUT2D eigenvalue weighted by atomic mass is 35.5. The number of alkyl halides is 8. The number of rotatable bonds is 4. The molecule has 7 nitrogen and oxygen atoms in total. The summed E-state index contributed by atoms with van der Waals surface area (Å²) in [6.07, 6.45) is -6.92. The minimum Gasteiger partial charge on any atom is -0.290 e. The molecule has 204 valence electrons. The molecule has 0 spiro atoms. The molecule has 0 bridgehead atoms. The van der Waals surface area contributed by atoms with E-state index in [1.165, 1.54) is 13.1 Å². The summed E-state index contributed by atoms with van der Waals surface area (Å²) in [7, 11) is -4.02. The van der Waals surface area contributed by atoms with Gasteiger partial charge in [0.1, 0.15) is 22.8 Å². The predicted molar refractivity (Wildman–Crippen MR) is 131 cm³/mol. The van der Waals surface area contributed by atoms with E-state index in [9.17, 15) is 34.8 Å². The first-order valence-corrected chi connectivity index (χ1v) is 13.4. The van der Waals surface area contributed by atoms with Gasteiger partial charge in [0, 0.05) is 11.8 Å². The molecule has 0 fully saturated rings. The van der Waals surface area contributed by atoms with E-state index >= 15 is 0 Å². The molecule has 0 amide bonds. The standard InChI is InChI=1S/C20H13F6N5O2S2.CH2Cl2/c1-10-18(35(27,32)33)34-17(29-10)15-8-31(9-28-15)16-7-13(20(24,25)26)6-14(30-16)11-2-4-12(5-3-11)19(21,22)23;2-1-3/h2-9H,1H3,(H2,27,32,33);1H2. The van der Waals surface area contributed by atoms with E-state index in [1.54, 1.807) is 0 Å². The van der Waals surface area contributed by atoms with Crippen LogP contribution in [0.1, 0.15) is 16.8 Å². The summed E-state index contributed by atoms with van der Waals surface area (Å²) in [6.45, 7) is 1.43. The van der Waals surface area contributed by atoms with Crippen molar-refractivity contribution < 1.29 is 34.8 Å². The Morgan fingerprint density at radius 3 is 2.03 bits per heavy atom. The summed E-state index contributed by atoms with van der Waals surface area (Å²) in [6, 6.07) is 5.04. The molecule has 0 aliphatic carbocycles. The average molecular weight is 618 g/mol. The lowest BCUT2D eigenvalue weighted by atomic mass is 10.1. The number of nitrogens with two attached hydrogens (primary N) is 1. The van der Waals surface area contributed by atoms with E-state index in [0.717, 1.165) is 58.6 Å². The van der Waals surface area contributed by atoms with Gasteiger partial charge in [0.25, 0.3) is 0 Å². The molecule has 1 aromatic carbocycles. The Morgan fingerprint density at radius 1 is 0.947 bits per heavy atom. The molecule has 0 radical (unpaired) electrons. The number of pyridine rings is 1. The molecule has 4 aromatic rings. The smallest absolute Gasteiger partial charge is 0.290 e. The van der Waals surface area contributed by atoms with Crippen LogP contribution in [0.3, 0.4) is 0 Å². The normalized spacial score (nSPS) is 12.3. The number of imidazole rings is 1. The van der Waals surface area contributed by atoms with Crippen molar-refractivity contribution in [3.63, 3.8) is 0 Å². The molecule has 0 saturated carbocycles. The quantitative estimate of drug-likeness (QED) is 0.209. The van der Waals surface area contributed by atoms with E-state index in [4.69, 9.17) is 28.3 Å². The van der Waals surface area contributed by atoms with Crippen molar-refractivity contribution in [2.75, 3.05) is 5.34 Å². The van der Waals surface area contributed by atoms with Gasteiger partial charge in [-0.1, -0.05) is 23.5 Å². The van der Waals surface area contributed by atoms with Crippen LogP contribution >= 0.6 is 34.5 Å². The fourth-order valence-corrected chi connectivity index (χ4v) is 5.02. The second-order valence-electron chi connectivity index (χ2n) is 7.38. The van der Waals surface area contributed by atoms with Crippen molar-refractivity contribution in [1.82, 2.24) is 19.5 Å². The van der Waals surface area contributed by atoms with E-state index in [-0.39, 0.29) is 43.0 Å². The summed E-state index contributed by atoms with van der Waals surface area (Å²) >= 11 is 10.3. The minimum atomic E-state index is -4.77. The first kappa shape index (κ1) is 29.8. The first-order chi connectivity index (χ1) is 17.5. The molecule has 0 atom stereocenters. The van der Waals surface area contributed by atoms with Crippen LogP contribution in [0, 0.1) is 6.92 Å². The number of thiazole rings is 1. The van der Waals surface area contributed by atoms with Crippen molar-refractivity contribution in [3.8, 4) is 27.8 Å². The van der Waals surface area contributed by atoms with Gasteiger partial charge in [0.05, 0.1) is 27.9 Å². The Hall–Kier alpha value is -2.72. The van der Waals surface area contributed by atoms with Gasteiger partial charge in [-0.2, -0.15) is 26.3 Å². The SMILES string of the molecule is Cc1nc(-c2cn(-c3cc(C(F)(F)F)cc(-c4ccc(C(F)(F)F)cc4)n3)cn2)sc1S(N)(=O)=O.ClCCl. The Bertz CT molecular complexity index is 1530. The summed E-state index contributed by atoms with van der Waals surface area (Å²) in [5, 5.41) is 5.51. The number of primary sulfonamides is 1. The molecule has 3 aromatic heterocycles. The second-order valence-corrected chi connectivity index (χ2v) is 10.9. The van der Waals surface area contributed by atoms with Gasteiger partial charge in [0.2, 0.25) is 10.0 Å². The lowest BCUT2D eigenvalue weighted by Crippen LogP contribution is -2.11. The molecule has 38 heavy (non-hydrogen) atoms. The van der Waals surface area contributed by atoms with E-state index in [0.29, 0.717) is 0 Å². The Morgan fingerprint density at radius 2 is 1.53 bits per heavy atom. The number of sulfonamides is 1. The molecular weight excluding hydrogens is 603 g/mol. The highest BCUT2D eigenvalue weighted by Crippen LogP contribution is 2.35. The van der Waals surface area contributed by atoms with Gasteiger partial charge in [0.15, 0.2) is 4.21 Å². The van der Waals surface area contributed by atoms with Gasteiger partial charge in [-0.25, -0.2) is 28.5 Å². The summed E-state index contributed by atoms with van der Waals surface area (Å²) < 4.78 is 103. The van der Waals surface area contributed by atoms with Gasteiger partial charge < -0.3 is 0 Å². The van der Waals surface area contributed by atoms with Crippen molar-refractivity contribution in [2.45, 2.75) is 23.5 Å². The third-order valence-corrected chi connectivity index (χ3v) is 7.46. The lowest BCUT2D eigenvalue weighted by Gasteiger charge is -2.13. The zero-order valence-electron chi connectivity index (χ0n) is 18.8. The van der Waals surface area contributed by atoms with Crippen molar-refractivity contribution in [1.29, 1.82) is 0 Å². The van der Waals surface area contributed by atoms with Crippen molar-refractivity contribution >= 4 is 44.6 Å². The maximum absolute atomic E-state index is 13.6. The van der Waals surface area contributed by atoms with Crippen LogP contribution < -0.4 is 5.14 Å². The summed E-state index contributed by atoms with van der Waals surface area (Å²) in [5.41, 5.74) is -1.90. The molecular formula is C21H15Cl2F6N5O2S2. The van der Waals surface area contributed by atoms with Crippen LogP contribution in [-0.4, -0.2) is 33.3 Å². The van der Waals surface area contributed by atoms with Gasteiger partial charge in [-0.3, -0.25) is 4.57 Å². The van der Waals surface area contributed by atoms with Crippen LogP contribution in [0.25, 0.3) is 27.8 Å². The second kappa shape index (κ2) is 11.2. The number of nitrogens with zero attached hydrogens (tertiary/aromatic N) is 4. The maximum Gasteiger partial charge on any atom is 0.416 e. The van der Waals surface area contributed by atoms with E-state index < -0.39 is 33.5 Å². The van der Waals surface area contributed by atoms with Gasteiger partial charge in [-0.05, 0) is 31.2 Å². The number of benzene rings is 1. The van der Waals surface area contributed by atoms with Crippen molar-refractivity contribution in [2.24, 2.45) is 5.14 Å². The Kier molecular flexibility index (Phi) is 8.77. The number of hydrogen-bond donors (Lipinski definition) is 1. The summed E-state index contributed by atoms with van der Waals surface area (Å²) in [4.78, 5) is 12.3. The largest absolute Gasteiger partial charge is 0.416 e. The van der Waals surface area contributed by atoms with E-state index in [2.05, 4.69) is 15.0 Å². The van der Waals surface area contributed by atoms with Gasteiger partial charge >= 0.3 is 12.4 Å². The molecule has 17 heteroatoms. The van der Waals surface area contributed by atoms with Crippen LogP contribution in [0.4, 0.5) is 26.3 Å². The third-order valence-electron chi connectivity index (χ3n) is 4.73. The topological polar surface area (TPSA) is 104 Å². The van der Waals surface area contributed by atoms with Crippen LogP contribution in [-0.2, 0) is 22.4 Å². The highest BCUT2D eigenvalue weighted by molar-refractivity contribution is 7.91. The maximum atomic E-state index is 13.6. The lowest BCUT2D eigenvalue weighted by molar-refractivity contribution is -0.138. The molecule has 3 heterocycles. The fourth-order valence-electron chi connectivity index (χ4n) is 3.10. The number of halogens is 8. The highest BCUT2D eigenvalue weighted by Gasteiger charge is 2.33. The zero-order chi connectivity index (χ0) is 28.5. The zero-order valence-corrected chi connectivity index (χ0v) is 22.0. The summed E-state index contributed by atoms with van der Waals surface area (Å²) in [5.74, 6) is -0.214. The van der Waals surface area contributed by atoms with E-state index in [1.807, 2.05) is 0 Å². The number of hydrogen-bond acceptors (Lipinski definition) is 6. The molecule has 4 rings (SSSR count). The predicted octanol–water partition coefficient (Wildman–Crippen LogP) is 6.47. The number of aromatic nitrogens is 4. The molecule has 0 saturated heterocycles. The molecule has 0 unspecified atom stereocenters. The Labute approximate surface area is 225 Å². The monoisotopic (exact) mass is 617 g/mol. The van der Waals surface area contributed by atoms with Crippen LogP contribution in [0.15, 0.2) is 53.1 Å². The van der Waals surface area contributed by atoms with Crippen LogP contribution in [0.2, 0.25) is 0 Å². The molecule has 0 aliphatic heterocycles. The third kappa shape index (κ3) is 7.02. The minimum absolute atomic E-state index is 0.0408. The fraction of sp³-hybridized carbons (Fsp3) is 0.190. The van der Waals surface area contributed by atoms with Gasteiger partial charge in [-0.15, -0.1) is 23.2 Å². The molecule has 0 aliphatic rings. The number of aryl methyl sites for hydroxylation is 1. The molecule has 2 N–H and O–H groups in total.